The molecular weight excluding hydrogens is 242 g/mol. The smallest absolute Gasteiger partial charge is 0.256 e. The lowest BCUT2D eigenvalue weighted by molar-refractivity contribution is 0.0782. The number of carbonyl (C=O) groups excluding carboxylic acids is 1. The Hall–Kier alpha value is -2.37. The fraction of sp³-hybridized carbons (Fsp3) is 0.308. The van der Waals surface area contributed by atoms with Crippen LogP contribution >= 0.6 is 0 Å². The number of aromatic amines is 1. The maximum absolute atomic E-state index is 12.4. The number of amides is 1. The largest absolute Gasteiger partial charge is 0.383 e. The van der Waals surface area contributed by atoms with Crippen molar-refractivity contribution in [2.75, 3.05) is 18.9 Å². The summed E-state index contributed by atoms with van der Waals surface area (Å²) in [6, 6.07) is 1.72. The number of aromatic nitrogens is 3. The lowest BCUT2D eigenvalue weighted by atomic mass is 10.2. The Morgan fingerprint density at radius 2 is 2.32 bits per heavy atom. The average molecular weight is 259 g/mol. The average Bonchev–Trinajstić information content (AvgIpc) is 2.92. The molecule has 2 N–H and O–H groups in total. The topological polar surface area (TPSA) is 73.9 Å². The highest BCUT2D eigenvalue weighted by molar-refractivity contribution is 5.99. The van der Waals surface area contributed by atoms with E-state index in [9.17, 15) is 4.79 Å². The normalized spacial score (nSPS) is 10.2. The van der Waals surface area contributed by atoms with Gasteiger partial charge in [0.2, 0.25) is 0 Å². The maximum atomic E-state index is 12.4. The molecule has 0 aliphatic heterocycles. The second kappa shape index (κ2) is 5.99. The van der Waals surface area contributed by atoms with Gasteiger partial charge in [-0.05, 0) is 13.0 Å². The van der Waals surface area contributed by atoms with Crippen LogP contribution in [0.5, 0.6) is 0 Å². The molecule has 0 unspecified atom stereocenters. The number of pyridine rings is 1. The van der Waals surface area contributed by atoms with Crippen LogP contribution in [0.3, 0.4) is 0 Å². The third-order valence-corrected chi connectivity index (χ3v) is 2.71. The van der Waals surface area contributed by atoms with Crippen molar-refractivity contribution in [1.82, 2.24) is 19.9 Å². The molecule has 0 spiro atoms. The van der Waals surface area contributed by atoms with E-state index >= 15 is 0 Å². The lowest BCUT2D eigenvalue weighted by Crippen LogP contribution is -2.27. The summed E-state index contributed by atoms with van der Waals surface area (Å²) in [5.41, 5.74) is 1.37. The van der Waals surface area contributed by atoms with E-state index in [0.29, 0.717) is 12.1 Å². The number of nitrogens with zero attached hydrogens (tertiary/aromatic N) is 3. The van der Waals surface area contributed by atoms with E-state index < -0.39 is 0 Å². The molecule has 0 fully saturated rings. The second-order valence-electron chi connectivity index (χ2n) is 4.15. The van der Waals surface area contributed by atoms with Crippen molar-refractivity contribution in [3.05, 3.63) is 42.2 Å². The summed E-state index contributed by atoms with van der Waals surface area (Å²) in [6.45, 7) is 3.17. The van der Waals surface area contributed by atoms with Crippen molar-refractivity contribution in [3.8, 4) is 0 Å². The fourth-order valence-electron chi connectivity index (χ4n) is 1.80. The van der Waals surface area contributed by atoms with Gasteiger partial charge in [0.15, 0.2) is 0 Å². The fourth-order valence-corrected chi connectivity index (χ4v) is 1.80. The zero-order valence-corrected chi connectivity index (χ0v) is 11.1. The van der Waals surface area contributed by atoms with Gasteiger partial charge in [0.1, 0.15) is 5.82 Å². The van der Waals surface area contributed by atoms with Crippen LogP contribution in [-0.4, -0.2) is 39.4 Å². The van der Waals surface area contributed by atoms with E-state index in [1.54, 1.807) is 42.8 Å². The minimum atomic E-state index is -0.0604. The number of hydrogen-bond acceptors (Lipinski definition) is 4. The molecule has 2 heterocycles. The first-order chi connectivity index (χ1) is 9.22. The Morgan fingerprint density at radius 1 is 1.47 bits per heavy atom. The summed E-state index contributed by atoms with van der Waals surface area (Å²) in [5.74, 6) is 0.699. The molecular formula is C13H17N5O. The summed E-state index contributed by atoms with van der Waals surface area (Å²) in [5, 5.41) is 3.14. The van der Waals surface area contributed by atoms with Crippen molar-refractivity contribution in [2.45, 2.75) is 13.5 Å². The molecule has 6 nitrogen and oxygen atoms in total. The Balaban J connectivity index is 2.14. The van der Waals surface area contributed by atoms with Gasteiger partial charge in [-0.25, -0.2) is 4.98 Å². The van der Waals surface area contributed by atoms with Crippen LogP contribution in [0.4, 0.5) is 5.69 Å². The molecule has 0 aromatic carbocycles. The highest BCUT2D eigenvalue weighted by Gasteiger charge is 2.16. The number of anilines is 1. The van der Waals surface area contributed by atoms with Gasteiger partial charge in [-0.15, -0.1) is 0 Å². The molecule has 0 radical (unpaired) electrons. The highest BCUT2D eigenvalue weighted by Crippen LogP contribution is 2.15. The Morgan fingerprint density at radius 3 is 3.00 bits per heavy atom. The second-order valence-corrected chi connectivity index (χ2v) is 4.15. The zero-order chi connectivity index (χ0) is 13.7. The Bertz CT molecular complexity index is 538. The van der Waals surface area contributed by atoms with Crippen LogP contribution in [0.15, 0.2) is 30.9 Å². The third-order valence-electron chi connectivity index (χ3n) is 2.71. The standard InChI is InChI=1S/C13H17N5O/c1-3-15-11-8-14-5-4-10(11)13(19)18(2)9-12-16-6-7-17-12/h4-8,15H,3,9H2,1-2H3,(H,16,17). The van der Waals surface area contributed by atoms with Gasteiger partial charge >= 0.3 is 0 Å². The molecule has 2 aromatic rings. The number of carbonyl (C=O) groups is 1. The van der Waals surface area contributed by atoms with Gasteiger partial charge in [0, 0.05) is 32.2 Å². The molecule has 19 heavy (non-hydrogen) atoms. The third kappa shape index (κ3) is 3.09. The highest BCUT2D eigenvalue weighted by atomic mass is 16.2. The predicted molar refractivity (Wildman–Crippen MR) is 72.8 cm³/mol. The first-order valence-electron chi connectivity index (χ1n) is 6.14. The minimum Gasteiger partial charge on any atom is -0.383 e. The van der Waals surface area contributed by atoms with Crippen molar-refractivity contribution in [2.24, 2.45) is 0 Å². The van der Waals surface area contributed by atoms with Crippen LogP contribution in [0.1, 0.15) is 23.1 Å². The summed E-state index contributed by atoms with van der Waals surface area (Å²) in [7, 11) is 1.75. The molecule has 6 heteroatoms. The number of rotatable bonds is 5. The Kier molecular flexibility index (Phi) is 4.12. The quantitative estimate of drug-likeness (QED) is 0.853. The first-order valence-corrected chi connectivity index (χ1v) is 6.14. The van der Waals surface area contributed by atoms with Gasteiger partial charge in [-0.1, -0.05) is 0 Å². The molecule has 1 amide bonds. The van der Waals surface area contributed by atoms with Crippen molar-refractivity contribution in [3.63, 3.8) is 0 Å². The molecule has 0 aliphatic carbocycles. The van der Waals surface area contributed by atoms with Crippen molar-refractivity contribution < 1.29 is 4.79 Å². The summed E-state index contributed by atoms with van der Waals surface area (Å²) in [4.78, 5) is 25.1. The van der Waals surface area contributed by atoms with Crippen LogP contribution in [0, 0.1) is 0 Å². The van der Waals surface area contributed by atoms with Gasteiger partial charge < -0.3 is 15.2 Å². The van der Waals surface area contributed by atoms with Gasteiger partial charge in [-0.2, -0.15) is 0 Å². The van der Waals surface area contributed by atoms with Crippen molar-refractivity contribution in [1.29, 1.82) is 0 Å². The summed E-state index contributed by atoms with van der Waals surface area (Å²) in [6.07, 6.45) is 6.70. The van der Waals surface area contributed by atoms with E-state index in [-0.39, 0.29) is 5.91 Å². The molecule has 0 aliphatic rings. The molecule has 0 saturated carbocycles. The number of imidazole rings is 1. The van der Waals surface area contributed by atoms with Crippen LogP contribution < -0.4 is 5.32 Å². The lowest BCUT2D eigenvalue weighted by Gasteiger charge is -2.18. The van der Waals surface area contributed by atoms with E-state index in [1.165, 1.54) is 0 Å². The van der Waals surface area contributed by atoms with E-state index in [4.69, 9.17) is 0 Å². The number of nitrogens with one attached hydrogen (secondary N) is 2. The van der Waals surface area contributed by atoms with Gasteiger partial charge in [0.25, 0.3) is 5.91 Å². The SMILES string of the molecule is CCNc1cnccc1C(=O)N(C)Cc1ncc[nH]1. The number of hydrogen-bond donors (Lipinski definition) is 2. The van der Waals surface area contributed by atoms with Crippen LogP contribution in [0.25, 0.3) is 0 Å². The van der Waals surface area contributed by atoms with Crippen molar-refractivity contribution >= 4 is 11.6 Å². The minimum absolute atomic E-state index is 0.0604. The molecule has 0 atom stereocenters. The van der Waals surface area contributed by atoms with E-state index in [2.05, 4.69) is 20.3 Å². The molecule has 0 saturated heterocycles. The number of H-pyrrole nitrogens is 1. The summed E-state index contributed by atoms with van der Waals surface area (Å²) >= 11 is 0. The zero-order valence-electron chi connectivity index (χ0n) is 11.1. The molecule has 2 rings (SSSR count). The monoisotopic (exact) mass is 259 g/mol. The maximum Gasteiger partial charge on any atom is 0.256 e. The van der Waals surface area contributed by atoms with Crippen LogP contribution in [0.2, 0.25) is 0 Å². The van der Waals surface area contributed by atoms with E-state index in [1.807, 2.05) is 6.92 Å². The van der Waals surface area contributed by atoms with Gasteiger partial charge in [0.05, 0.1) is 24.0 Å². The molecule has 100 valence electrons. The first kappa shape index (κ1) is 13.1. The Labute approximate surface area is 111 Å². The van der Waals surface area contributed by atoms with E-state index in [0.717, 1.165) is 18.1 Å². The predicted octanol–water partition coefficient (Wildman–Crippen LogP) is 1.51. The summed E-state index contributed by atoms with van der Waals surface area (Å²) < 4.78 is 0. The van der Waals surface area contributed by atoms with Crippen LogP contribution in [-0.2, 0) is 6.54 Å². The molecule has 0 bridgehead atoms. The van der Waals surface area contributed by atoms with Gasteiger partial charge in [-0.3, -0.25) is 9.78 Å². The molecule has 2 aromatic heterocycles.